The second kappa shape index (κ2) is 4.94. The van der Waals surface area contributed by atoms with E-state index in [9.17, 15) is 4.79 Å². The van der Waals surface area contributed by atoms with E-state index in [1.807, 2.05) is 12.1 Å². The van der Waals surface area contributed by atoms with Crippen molar-refractivity contribution >= 4 is 12.0 Å². The van der Waals surface area contributed by atoms with Crippen molar-refractivity contribution in [3.8, 4) is 0 Å². The molecular formula is C10H8O2. The summed E-state index contributed by atoms with van der Waals surface area (Å²) in [6.07, 6.45) is 9.82. The highest BCUT2D eigenvalue weighted by Gasteiger charge is 1.82. The molecule has 0 bridgehead atoms. The zero-order chi connectivity index (χ0) is 8.65. The Hall–Kier alpha value is -1.79. The molecule has 0 aromatic carbocycles. The zero-order valence-electron chi connectivity index (χ0n) is 6.44. The van der Waals surface area contributed by atoms with E-state index in [-0.39, 0.29) is 0 Å². The van der Waals surface area contributed by atoms with Gasteiger partial charge in [0.2, 0.25) is 0 Å². The van der Waals surface area contributed by atoms with Crippen LogP contribution in [0.2, 0.25) is 0 Å². The molecule has 1 heterocycles. The summed E-state index contributed by atoms with van der Waals surface area (Å²) in [4.78, 5) is 9.72. The van der Waals surface area contributed by atoms with Gasteiger partial charge in [0.1, 0.15) is 11.7 Å². The average molecular weight is 160 g/mol. The highest BCUT2D eigenvalue weighted by Crippen LogP contribution is 2.01. The van der Waals surface area contributed by atoms with Gasteiger partial charge in [0.15, 0.2) is 0 Å². The lowest BCUT2D eigenvalue weighted by molar-refractivity contribution is 0.557. The van der Waals surface area contributed by atoms with Gasteiger partial charge in [0.25, 0.3) is 0 Å². The van der Waals surface area contributed by atoms with Gasteiger partial charge in [-0.05, 0) is 18.2 Å². The molecule has 60 valence electrons. The molecular weight excluding hydrogens is 152 g/mol. The molecule has 0 aliphatic carbocycles. The smallest absolute Gasteiger partial charge is 0.126 e. The first kappa shape index (κ1) is 8.31. The molecule has 12 heavy (non-hydrogen) atoms. The Morgan fingerprint density at radius 3 is 2.92 bits per heavy atom. The fourth-order valence-electron chi connectivity index (χ4n) is 0.695. The first-order valence-electron chi connectivity index (χ1n) is 3.51. The summed E-state index contributed by atoms with van der Waals surface area (Å²) in [5.41, 5.74) is 0. The number of hydrogen-bond acceptors (Lipinski definition) is 2. The third kappa shape index (κ3) is 2.86. The summed E-state index contributed by atoms with van der Waals surface area (Å²) < 4.78 is 5.03. The molecule has 0 N–H and O–H groups in total. The molecule has 2 heteroatoms. The molecule has 0 saturated carbocycles. The SMILES string of the molecule is O=C=C/C=C/C=C/c1ccco1. The molecule has 0 atom stereocenters. The van der Waals surface area contributed by atoms with Crippen molar-refractivity contribution in [3.63, 3.8) is 0 Å². The summed E-state index contributed by atoms with van der Waals surface area (Å²) in [6.45, 7) is 0. The largest absolute Gasteiger partial charge is 0.465 e. The van der Waals surface area contributed by atoms with Gasteiger partial charge in [-0.2, -0.15) is 0 Å². The Kier molecular flexibility index (Phi) is 3.42. The van der Waals surface area contributed by atoms with Crippen LogP contribution in [0.25, 0.3) is 6.08 Å². The van der Waals surface area contributed by atoms with E-state index in [2.05, 4.69) is 0 Å². The van der Waals surface area contributed by atoms with Crippen molar-refractivity contribution in [2.45, 2.75) is 0 Å². The second-order valence-electron chi connectivity index (χ2n) is 2.04. The molecule has 0 aliphatic rings. The van der Waals surface area contributed by atoms with Crippen LogP contribution in [0.1, 0.15) is 5.76 Å². The van der Waals surface area contributed by atoms with Crippen molar-refractivity contribution in [2.75, 3.05) is 0 Å². The number of rotatable bonds is 3. The maximum atomic E-state index is 9.72. The predicted octanol–water partition coefficient (Wildman–Crippen LogP) is 2.24. The van der Waals surface area contributed by atoms with Crippen LogP contribution in [0.15, 0.2) is 47.1 Å². The topological polar surface area (TPSA) is 30.2 Å². The van der Waals surface area contributed by atoms with Gasteiger partial charge in [0.05, 0.1) is 6.26 Å². The molecule has 0 radical (unpaired) electrons. The highest BCUT2D eigenvalue weighted by atomic mass is 16.3. The summed E-state index contributed by atoms with van der Waals surface area (Å²) in [6, 6.07) is 3.66. The molecule has 0 fully saturated rings. The minimum absolute atomic E-state index is 0.787. The van der Waals surface area contributed by atoms with Gasteiger partial charge in [-0.3, -0.25) is 0 Å². The van der Waals surface area contributed by atoms with E-state index >= 15 is 0 Å². The van der Waals surface area contributed by atoms with Gasteiger partial charge >= 0.3 is 0 Å². The van der Waals surface area contributed by atoms with Crippen LogP contribution in [-0.4, -0.2) is 5.94 Å². The molecule has 0 saturated heterocycles. The Balaban J connectivity index is 2.46. The van der Waals surface area contributed by atoms with E-state index in [4.69, 9.17) is 4.42 Å². The normalized spacial score (nSPS) is 10.7. The van der Waals surface area contributed by atoms with Crippen molar-refractivity contribution in [1.82, 2.24) is 0 Å². The third-order valence-electron chi connectivity index (χ3n) is 1.19. The first-order chi connectivity index (χ1) is 5.93. The van der Waals surface area contributed by atoms with Crippen LogP contribution in [-0.2, 0) is 4.79 Å². The van der Waals surface area contributed by atoms with Crippen LogP contribution in [0.5, 0.6) is 0 Å². The molecule has 0 spiro atoms. The first-order valence-corrected chi connectivity index (χ1v) is 3.51. The van der Waals surface area contributed by atoms with E-state index in [1.54, 1.807) is 36.5 Å². The Labute approximate surface area is 70.5 Å². The van der Waals surface area contributed by atoms with Crippen molar-refractivity contribution in [2.24, 2.45) is 0 Å². The Morgan fingerprint density at radius 1 is 1.33 bits per heavy atom. The Bertz CT molecular complexity index is 312. The summed E-state index contributed by atoms with van der Waals surface area (Å²) in [5, 5.41) is 0. The van der Waals surface area contributed by atoms with Gasteiger partial charge in [-0.15, -0.1) is 0 Å². The van der Waals surface area contributed by atoms with Gasteiger partial charge in [0, 0.05) is 6.08 Å². The summed E-state index contributed by atoms with van der Waals surface area (Å²) >= 11 is 0. The second-order valence-corrected chi connectivity index (χ2v) is 2.04. The molecule has 1 rings (SSSR count). The van der Waals surface area contributed by atoms with E-state index in [0.29, 0.717) is 0 Å². The lowest BCUT2D eigenvalue weighted by Gasteiger charge is -1.78. The van der Waals surface area contributed by atoms with Crippen molar-refractivity contribution in [3.05, 3.63) is 48.5 Å². The maximum Gasteiger partial charge on any atom is 0.126 e. The number of allylic oxidation sites excluding steroid dienone is 4. The molecule has 1 aromatic heterocycles. The average Bonchev–Trinajstić information content (AvgIpc) is 2.57. The fraction of sp³-hybridized carbons (Fsp3) is 0. The quantitative estimate of drug-likeness (QED) is 0.501. The zero-order valence-corrected chi connectivity index (χ0v) is 6.44. The minimum Gasteiger partial charge on any atom is -0.465 e. The minimum atomic E-state index is 0.787. The van der Waals surface area contributed by atoms with Crippen LogP contribution < -0.4 is 0 Å². The monoisotopic (exact) mass is 160 g/mol. The molecule has 0 unspecified atom stereocenters. The van der Waals surface area contributed by atoms with Crippen molar-refractivity contribution in [1.29, 1.82) is 0 Å². The van der Waals surface area contributed by atoms with Gasteiger partial charge < -0.3 is 4.42 Å². The standard InChI is InChI=1S/C10H8O2/c11-8-4-2-1-3-6-10-7-5-9-12-10/h1-7,9H/b2-1+,6-3+. The maximum absolute atomic E-state index is 9.72. The summed E-state index contributed by atoms with van der Waals surface area (Å²) in [7, 11) is 0. The van der Waals surface area contributed by atoms with Crippen LogP contribution in [0.3, 0.4) is 0 Å². The lowest BCUT2D eigenvalue weighted by atomic mass is 10.4. The number of furan rings is 1. The van der Waals surface area contributed by atoms with Gasteiger partial charge in [-0.25, -0.2) is 4.79 Å². The van der Waals surface area contributed by atoms with Crippen LogP contribution in [0.4, 0.5) is 0 Å². The molecule has 1 aromatic rings. The van der Waals surface area contributed by atoms with Crippen LogP contribution >= 0.6 is 0 Å². The molecule has 2 nitrogen and oxygen atoms in total. The molecule has 0 amide bonds. The Morgan fingerprint density at radius 2 is 2.25 bits per heavy atom. The third-order valence-corrected chi connectivity index (χ3v) is 1.19. The van der Waals surface area contributed by atoms with Gasteiger partial charge in [-0.1, -0.05) is 18.2 Å². The fourth-order valence-corrected chi connectivity index (χ4v) is 0.695. The number of carbonyl (C=O) groups excluding carboxylic acids is 1. The van der Waals surface area contributed by atoms with Crippen molar-refractivity contribution < 1.29 is 9.21 Å². The van der Waals surface area contributed by atoms with E-state index < -0.39 is 0 Å². The predicted molar refractivity (Wildman–Crippen MR) is 47.1 cm³/mol. The van der Waals surface area contributed by atoms with E-state index in [0.717, 1.165) is 5.76 Å². The highest BCUT2D eigenvalue weighted by molar-refractivity contribution is 5.50. The lowest BCUT2D eigenvalue weighted by Crippen LogP contribution is -1.57. The number of hydrogen-bond donors (Lipinski definition) is 0. The molecule has 0 aliphatic heterocycles. The van der Waals surface area contributed by atoms with E-state index in [1.165, 1.54) is 6.08 Å². The van der Waals surface area contributed by atoms with Crippen LogP contribution in [0, 0.1) is 0 Å². The summed E-state index contributed by atoms with van der Waals surface area (Å²) in [5.74, 6) is 2.43.